The average Bonchev–Trinajstić information content (AvgIpc) is 2.99. The van der Waals surface area contributed by atoms with E-state index in [0.29, 0.717) is 28.9 Å². The highest BCUT2D eigenvalue weighted by Crippen LogP contribution is 2.29. The first-order valence-electron chi connectivity index (χ1n) is 13.6. The molecule has 0 atom stereocenters. The topological polar surface area (TPSA) is 72.8 Å². The number of carbonyl (C=O) groups excluding carboxylic acids is 3. The van der Waals surface area contributed by atoms with Crippen molar-refractivity contribution in [1.82, 2.24) is 0 Å². The Morgan fingerprint density at radius 2 is 1.37 bits per heavy atom. The zero-order valence-electron chi connectivity index (χ0n) is 23.9. The summed E-state index contributed by atoms with van der Waals surface area (Å²) in [5.74, 6) is -0.132. The van der Waals surface area contributed by atoms with Gasteiger partial charge in [-0.3, -0.25) is 9.59 Å². The number of rotatable bonds is 14. The van der Waals surface area contributed by atoms with E-state index in [1.54, 1.807) is 42.6 Å². The molecule has 0 N–H and O–H groups in total. The SMILES string of the molecule is C/C=C\C(=C/CC)C(=O)c1ccc(Sc2ccc(C(=O)/C(CCSc3ccc(C)cc3)=N/OC(=O)CC)cc2)cc1. The normalized spacial score (nSPS) is 12.0. The average molecular weight is 586 g/mol. The van der Waals surface area contributed by atoms with Gasteiger partial charge < -0.3 is 4.84 Å². The van der Waals surface area contributed by atoms with Crippen molar-refractivity contribution in [2.24, 2.45) is 5.16 Å². The zero-order chi connectivity index (χ0) is 29.6. The Balaban J connectivity index is 1.67. The van der Waals surface area contributed by atoms with E-state index in [-0.39, 0.29) is 23.7 Å². The lowest BCUT2D eigenvalue weighted by Gasteiger charge is -2.08. The third kappa shape index (κ3) is 10.0. The molecule has 3 aromatic carbocycles. The van der Waals surface area contributed by atoms with Crippen molar-refractivity contribution in [3.8, 4) is 0 Å². The standard InChI is InChI=1S/C34H35NO4S2/c1-5-8-25(9-6-2)33(37)26-12-18-29(19-13-26)41-30-20-14-27(15-21-30)34(38)31(35-39-32(36)7-3)22-23-40-28-16-10-24(4)11-17-28/h5,8-21H,6-7,22-23H2,1-4H3/b8-5-,25-9+,35-31+. The van der Waals surface area contributed by atoms with Crippen LogP contribution in [0, 0.1) is 6.92 Å². The molecule has 41 heavy (non-hydrogen) atoms. The third-order valence-electron chi connectivity index (χ3n) is 5.94. The summed E-state index contributed by atoms with van der Waals surface area (Å²) in [5, 5.41) is 3.93. The number of hydrogen-bond acceptors (Lipinski definition) is 7. The number of hydrogen-bond donors (Lipinski definition) is 0. The van der Waals surface area contributed by atoms with Crippen LogP contribution in [0.15, 0.2) is 116 Å². The number of ketones is 2. The number of Topliss-reactive ketones (excluding diaryl/α,β-unsaturated/α-hetero) is 2. The summed E-state index contributed by atoms with van der Waals surface area (Å²) in [5.41, 5.74) is 3.20. The molecule has 0 bridgehead atoms. The molecule has 0 aromatic heterocycles. The number of oxime groups is 1. The molecule has 0 radical (unpaired) electrons. The van der Waals surface area contributed by atoms with Gasteiger partial charge in [-0.15, -0.1) is 11.8 Å². The maximum atomic E-state index is 13.3. The van der Waals surface area contributed by atoms with E-state index in [1.165, 1.54) is 5.56 Å². The van der Waals surface area contributed by atoms with E-state index in [1.807, 2.05) is 99.7 Å². The van der Waals surface area contributed by atoms with Crippen LogP contribution in [0.25, 0.3) is 0 Å². The van der Waals surface area contributed by atoms with Gasteiger partial charge >= 0.3 is 5.97 Å². The summed E-state index contributed by atoms with van der Waals surface area (Å²) in [6.45, 7) is 7.63. The first kappa shape index (κ1) is 31.8. The van der Waals surface area contributed by atoms with Crippen LogP contribution >= 0.6 is 23.5 Å². The molecule has 0 unspecified atom stereocenters. The Morgan fingerprint density at radius 3 is 1.90 bits per heavy atom. The number of thioether (sulfide) groups is 1. The minimum absolute atomic E-state index is 0.00344. The van der Waals surface area contributed by atoms with E-state index in [2.05, 4.69) is 5.16 Å². The number of benzene rings is 3. The van der Waals surface area contributed by atoms with Crippen molar-refractivity contribution in [3.05, 3.63) is 113 Å². The predicted octanol–water partition coefficient (Wildman–Crippen LogP) is 8.92. The lowest BCUT2D eigenvalue weighted by atomic mass is 10.0. The minimum Gasteiger partial charge on any atom is -0.318 e. The Bertz CT molecular complexity index is 1420. The second-order valence-corrected chi connectivity index (χ2v) is 11.5. The van der Waals surface area contributed by atoms with Gasteiger partial charge in [-0.05, 0) is 80.9 Å². The molecule has 0 aliphatic carbocycles. The van der Waals surface area contributed by atoms with Gasteiger partial charge in [0.15, 0.2) is 5.78 Å². The molecule has 3 rings (SSSR count). The van der Waals surface area contributed by atoms with Crippen LogP contribution in [0.5, 0.6) is 0 Å². The van der Waals surface area contributed by atoms with Crippen LogP contribution < -0.4 is 0 Å². The summed E-state index contributed by atoms with van der Waals surface area (Å²) in [6, 6.07) is 23.0. The fraction of sp³-hybridized carbons (Fsp3) is 0.235. The third-order valence-corrected chi connectivity index (χ3v) is 7.97. The Hall–Kier alpha value is -3.68. The highest BCUT2D eigenvalue weighted by Gasteiger charge is 2.17. The van der Waals surface area contributed by atoms with E-state index < -0.39 is 5.97 Å². The van der Waals surface area contributed by atoms with Gasteiger partial charge in [0.1, 0.15) is 5.71 Å². The molecule has 7 heteroatoms. The molecule has 3 aromatic rings. The van der Waals surface area contributed by atoms with Crippen molar-refractivity contribution in [2.45, 2.75) is 61.6 Å². The zero-order valence-corrected chi connectivity index (χ0v) is 25.5. The Kier molecular flexibility index (Phi) is 12.9. The first-order valence-corrected chi connectivity index (χ1v) is 15.4. The molecule has 0 aliphatic rings. The molecule has 0 saturated carbocycles. The van der Waals surface area contributed by atoms with Gasteiger partial charge in [-0.1, -0.05) is 66.7 Å². The monoisotopic (exact) mass is 585 g/mol. The van der Waals surface area contributed by atoms with Crippen LogP contribution in [0.3, 0.4) is 0 Å². The van der Waals surface area contributed by atoms with Crippen LogP contribution in [0.1, 0.15) is 66.3 Å². The van der Waals surface area contributed by atoms with Crippen molar-refractivity contribution in [2.75, 3.05) is 5.75 Å². The molecule has 212 valence electrons. The molecule has 0 heterocycles. The van der Waals surface area contributed by atoms with Crippen molar-refractivity contribution in [3.63, 3.8) is 0 Å². The molecular formula is C34H35NO4S2. The highest BCUT2D eigenvalue weighted by atomic mass is 32.2. The fourth-order valence-electron chi connectivity index (χ4n) is 3.73. The van der Waals surface area contributed by atoms with Gasteiger partial charge in [-0.25, -0.2) is 4.79 Å². The summed E-state index contributed by atoms with van der Waals surface area (Å²) < 4.78 is 0. The van der Waals surface area contributed by atoms with Gasteiger partial charge in [-0.2, -0.15) is 0 Å². The molecule has 0 aliphatic heterocycles. The molecule has 0 amide bonds. The van der Waals surface area contributed by atoms with E-state index >= 15 is 0 Å². The van der Waals surface area contributed by atoms with Gasteiger partial charge in [0, 0.05) is 50.0 Å². The van der Waals surface area contributed by atoms with E-state index in [9.17, 15) is 14.4 Å². The second kappa shape index (κ2) is 16.6. The van der Waals surface area contributed by atoms with Gasteiger partial charge in [0.05, 0.1) is 0 Å². The van der Waals surface area contributed by atoms with Gasteiger partial charge in [0.2, 0.25) is 5.78 Å². The van der Waals surface area contributed by atoms with Crippen molar-refractivity contribution < 1.29 is 19.2 Å². The summed E-state index contributed by atoms with van der Waals surface area (Å²) in [4.78, 5) is 45.8. The number of aryl methyl sites for hydroxylation is 1. The highest BCUT2D eigenvalue weighted by molar-refractivity contribution is 7.99. The summed E-state index contributed by atoms with van der Waals surface area (Å²) >= 11 is 3.16. The van der Waals surface area contributed by atoms with Crippen LogP contribution in [-0.2, 0) is 9.63 Å². The van der Waals surface area contributed by atoms with E-state index in [0.717, 1.165) is 21.1 Å². The predicted molar refractivity (Wildman–Crippen MR) is 169 cm³/mol. The molecular weight excluding hydrogens is 551 g/mol. The minimum atomic E-state index is -0.486. The Morgan fingerprint density at radius 1 is 0.805 bits per heavy atom. The smallest absolute Gasteiger partial charge is 0.318 e. The molecule has 0 fully saturated rings. The lowest BCUT2D eigenvalue weighted by molar-refractivity contribution is -0.143. The number of nitrogens with zero attached hydrogens (tertiary/aromatic N) is 1. The molecule has 0 saturated heterocycles. The van der Waals surface area contributed by atoms with Crippen LogP contribution in [-0.4, -0.2) is 29.0 Å². The van der Waals surface area contributed by atoms with Crippen LogP contribution in [0.2, 0.25) is 0 Å². The van der Waals surface area contributed by atoms with Gasteiger partial charge in [0.25, 0.3) is 0 Å². The molecule has 5 nitrogen and oxygen atoms in total. The number of allylic oxidation sites excluding steroid dienone is 4. The first-order chi connectivity index (χ1) is 19.8. The second-order valence-electron chi connectivity index (χ2n) is 9.14. The maximum Gasteiger partial charge on any atom is 0.334 e. The largest absolute Gasteiger partial charge is 0.334 e. The quantitative estimate of drug-likeness (QED) is 0.0358. The van der Waals surface area contributed by atoms with Crippen LogP contribution in [0.4, 0.5) is 0 Å². The maximum absolute atomic E-state index is 13.3. The van der Waals surface area contributed by atoms with E-state index in [4.69, 9.17) is 4.84 Å². The molecule has 0 spiro atoms. The number of carbonyl (C=O) groups is 3. The fourth-order valence-corrected chi connectivity index (χ4v) is 5.40. The summed E-state index contributed by atoms with van der Waals surface area (Å²) in [6.07, 6.45) is 6.97. The van der Waals surface area contributed by atoms with Crippen molar-refractivity contribution in [1.29, 1.82) is 0 Å². The summed E-state index contributed by atoms with van der Waals surface area (Å²) in [7, 11) is 0. The lowest BCUT2D eigenvalue weighted by Crippen LogP contribution is -2.17. The van der Waals surface area contributed by atoms with Crippen molar-refractivity contribution >= 4 is 46.8 Å². The Labute approximate surface area is 251 Å².